The first kappa shape index (κ1) is 42.6. The first-order valence-corrected chi connectivity index (χ1v) is 20.0. The Balaban J connectivity index is 1.53. The molecule has 0 unspecified atom stereocenters. The number of rotatable bonds is 21. The van der Waals surface area contributed by atoms with Gasteiger partial charge >= 0.3 is 5.97 Å². The predicted molar refractivity (Wildman–Crippen MR) is 216 cm³/mol. The normalized spacial score (nSPS) is 24.0. The van der Waals surface area contributed by atoms with Gasteiger partial charge in [-0.05, 0) is 75.3 Å². The highest BCUT2D eigenvalue weighted by Crippen LogP contribution is 2.59. The molecule has 1 spiro atoms. The number of aliphatic hydroxyl groups is 1. The summed E-state index contributed by atoms with van der Waals surface area (Å²) >= 11 is 0. The number of methoxy groups -OCH3 is 1. The smallest absolute Gasteiger partial charge is 0.313 e. The second kappa shape index (κ2) is 19.1. The molecule has 3 heterocycles. The van der Waals surface area contributed by atoms with Crippen LogP contribution in [0.5, 0.6) is 0 Å². The summed E-state index contributed by atoms with van der Waals surface area (Å²) in [5.41, 5.74) is 0.967. The topological polar surface area (TPSA) is 138 Å². The average Bonchev–Trinajstić information content (AvgIpc) is 3.85. The Labute approximate surface area is 331 Å². The van der Waals surface area contributed by atoms with Crippen LogP contribution < -0.4 is 15.1 Å². The summed E-state index contributed by atoms with van der Waals surface area (Å²) < 4.78 is 18.6. The lowest BCUT2D eigenvalue weighted by Gasteiger charge is -2.39. The molecule has 3 aliphatic rings. The Morgan fingerprint density at radius 3 is 2.32 bits per heavy atom. The van der Waals surface area contributed by atoms with Gasteiger partial charge in [0.25, 0.3) is 5.91 Å². The lowest BCUT2D eigenvalue weighted by atomic mass is 9.70. The summed E-state index contributed by atoms with van der Waals surface area (Å²) in [4.78, 5) is 63.1. The number of ether oxygens (including phenoxy) is 3. The van der Waals surface area contributed by atoms with Crippen molar-refractivity contribution in [3.63, 3.8) is 0 Å². The van der Waals surface area contributed by atoms with Gasteiger partial charge in [0.15, 0.2) is 0 Å². The van der Waals surface area contributed by atoms with E-state index < -0.39 is 59.6 Å². The van der Waals surface area contributed by atoms with Crippen molar-refractivity contribution in [3.8, 4) is 0 Å². The molecule has 0 aromatic heterocycles. The Hall–Kier alpha value is -4.52. The van der Waals surface area contributed by atoms with Crippen molar-refractivity contribution in [2.24, 2.45) is 17.8 Å². The van der Waals surface area contributed by atoms with Gasteiger partial charge in [-0.15, -0.1) is 13.2 Å². The zero-order valence-electron chi connectivity index (χ0n) is 33.6. The Kier molecular flexibility index (Phi) is 14.5. The molecule has 56 heavy (non-hydrogen) atoms. The summed E-state index contributed by atoms with van der Waals surface area (Å²) in [6, 6.07) is 14.3. The number of allylic oxidation sites excluding steroid dienone is 1. The van der Waals surface area contributed by atoms with Gasteiger partial charge < -0.3 is 39.3 Å². The Bertz CT molecular complexity index is 1680. The molecule has 0 aliphatic carbocycles. The molecule has 2 aromatic rings. The van der Waals surface area contributed by atoms with Crippen LogP contribution in [-0.4, -0.2) is 103 Å². The van der Waals surface area contributed by atoms with Crippen LogP contribution in [0.3, 0.4) is 0 Å². The van der Waals surface area contributed by atoms with Crippen LogP contribution in [0.1, 0.15) is 71.5 Å². The lowest BCUT2D eigenvalue weighted by Crippen LogP contribution is -2.59. The van der Waals surface area contributed by atoms with E-state index in [9.17, 15) is 19.5 Å². The van der Waals surface area contributed by atoms with E-state index in [1.54, 1.807) is 17.1 Å². The number of hydrogen-bond donors (Lipinski definition) is 2. The Morgan fingerprint density at radius 1 is 1.05 bits per heavy atom. The SMILES string of the molecule is C=CCCC(=O)N[C@@H](COC)[C@@H](OC(=O)[C@@H]1[C@@H]2CC[C@]3(O2)[C@H](C(=O)N(CC=C)c2ccc(N(CC)CC)cc2)N([C@@H](CO)CC(C)C)C(=O)[C@@H]13)c1ccccc1. The van der Waals surface area contributed by atoms with E-state index in [1.165, 1.54) is 12.0 Å². The summed E-state index contributed by atoms with van der Waals surface area (Å²) in [5, 5.41) is 13.8. The number of carbonyl (C=O) groups is 4. The van der Waals surface area contributed by atoms with E-state index in [0.29, 0.717) is 36.9 Å². The van der Waals surface area contributed by atoms with Gasteiger partial charge in [0.05, 0.1) is 43.2 Å². The number of amides is 3. The van der Waals surface area contributed by atoms with E-state index in [2.05, 4.69) is 37.2 Å². The maximum atomic E-state index is 15.2. The molecule has 304 valence electrons. The number of fused-ring (bicyclic) bond motifs is 1. The van der Waals surface area contributed by atoms with E-state index in [1.807, 2.05) is 68.4 Å². The molecule has 8 atom stereocenters. The van der Waals surface area contributed by atoms with E-state index in [-0.39, 0.29) is 43.9 Å². The van der Waals surface area contributed by atoms with Crippen LogP contribution in [-0.2, 0) is 33.4 Å². The van der Waals surface area contributed by atoms with Crippen molar-refractivity contribution in [2.45, 2.75) is 95.7 Å². The number of hydrogen-bond acceptors (Lipinski definition) is 9. The molecule has 0 saturated carbocycles. The number of nitrogens with zero attached hydrogens (tertiary/aromatic N) is 3. The minimum absolute atomic E-state index is 0.0519. The van der Waals surface area contributed by atoms with Crippen molar-refractivity contribution >= 4 is 35.1 Å². The van der Waals surface area contributed by atoms with Crippen LogP contribution in [0.15, 0.2) is 79.9 Å². The molecule has 5 rings (SSSR count). The molecule has 3 fully saturated rings. The van der Waals surface area contributed by atoms with Gasteiger partial charge in [-0.1, -0.05) is 56.3 Å². The van der Waals surface area contributed by atoms with Crippen molar-refractivity contribution in [3.05, 3.63) is 85.5 Å². The molecule has 3 saturated heterocycles. The van der Waals surface area contributed by atoms with Crippen LogP contribution in [0.4, 0.5) is 11.4 Å². The third kappa shape index (κ3) is 8.57. The quantitative estimate of drug-likeness (QED) is 0.129. The maximum absolute atomic E-state index is 15.2. The van der Waals surface area contributed by atoms with Gasteiger partial charge in [0.2, 0.25) is 11.8 Å². The minimum Gasteiger partial charge on any atom is -0.455 e. The Morgan fingerprint density at radius 2 is 1.73 bits per heavy atom. The van der Waals surface area contributed by atoms with Gasteiger partial charge in [-0.25, -0.2) is 0 Å². The zero-order chi connectivity index (χ0) is 40.6. The number of aliphatic hydroxyl groups excluding tert-OH is 1. The highest BCUT2D eigenvalue weighted by molar-refractivity contribution is 6.05. The largest absolute Gasteiger partial charge is 0.455 e. The fraction of sp³-hybridized carbons (Fsp3) is 0.545. The van der Waals surface area contributed by atoms with Crippen molar-refractivity contribution in [1.29, 1.82) is 0 Å². The first-order valence-electron chi connectivity index (χ1n) is 20.0. The molecular weight excluding hydrogens is 713 g/mol. The highest BCUT2D eigenvalue weighted by Gasteiger charge is 2.75. The number of carbonyl (C=O) groups excluding carboxylic acids is 4. The molecule has 3 aliphatic heterocycles. The summed E-state index contributed by atoms with van der Waals surface area (Å²) in [7, 11) is 1.51. The number of nitrogens with one attached hydrogen (secondary N) is 1. The predicted octanol–water partition coefficient (Wildman–Crippen LogP) is 5.22. The fourth-order valence-corrected chi connectivity index (χ4v) is 9.01. The van der Waals surface area contributed by atoms with Gasteiger partial charge in [-0.3, -0.25) is 19.2 Å². The van der Waals surface area contributed by atoms with E-state index in [0.717, 1.165) is 18.8 Å². The van der Waals surface area contributed by atoms with Gasteiger partial charge in [-0.2, -0.15) is 0 Å². The summed E-state index contributed by atoms with van der Waals surface area (Å²) in [6.45, 7) is 17.3. The third-order valence-corrected chi connectivity index (χ3v) is 11.5. The molecule has 3 amide bonds. The van der Waals surface area contributed by atoms with E-state index >= 15 is 4.79 Å². The fourth-order valence-electron chi connectivity index (χ4n) is 9.01. The van der Waals surface area contributed by atoms with Crippen LogP contribution in [0.25, 0.3) is 0 Å². The number of benzene rings is 2. The average molecular weight is 773 g/mol. The highest BCUT2D eigenvalue weighted by atomic mass is 16.6. The van der Waals surface area contributed by atoms with Crippen molar-refractivity contribution in [2.75, 3.05) is 49.8 Å². The lowest BCUT2D eigenvalue weighted by molar-refractivity contribution is -0.163. The maximum Gasteiger partial charge on any atom is 0.313 e. The molecule has 0 radical (unpaired) electrons. The second-order valence-corrected chi connectivity index (χ2v) is 15.4. The summed E-state index contributed by atoms with van der Waals surface area (Å²) in [5.74, 6) is -3.64. The molecule has 12 heteroatoms. The molecule has 2 N–H and O–H groups in total. The number of esters is 1. The second-order valence-electron chi connectivity index (χ2n) is 15.4. The zero-order valence-corrected chi connectivity index (χ0v) is 33.6. The van der Waals surface area contributed by atoms with Crippen LogP contribution >= 0.6 is 0 Å². The molecular formula is C44H60N4O8. The standard InChI is InChI=1S/C44H60N4O8/c1-8-12-18-36(50)45-34(28-54-7)39(30-16-14-13-15-17-30)55-43(53)37-35-23-24-44(56-35)38(37)41(51)48(33(27-49)26-29(5)6)40(44)42(52)47(25-9-2)32-21-19-31(20-22-32)46(10-3)11-4/h8-9,13-17,19-22,29,33-35,37-40,49H,1-2,10-12,18,23-28H2,3-7H3,(H,45,50)/t33-,34+,35+,37-,38-,39+,40+,44-/m1/s1. The van der Waals surface area contributed by atoms with Gasteiger partial charge in [0, 0.05) is 44.5 Å². The van der Waals surface area contributed by atoms with E-state index in [4.69, 9.17) is 14.2 Å². The first-order chi connectivity index (χ1) is 27.0. The van der Waals surface area contributed by atoms with Crippen molar-refractivity contribution in [1.82, 2.24) is 10.2 Å². The number of anilines is 2. The molecule has 2 aromatic carbocycles. The van der Waals surface area contributed by atoms with Crippen LogP contribution in [0.2, 0.25) is 0 Å². The molecule has 2 bridgehead atoms. The third-order valence-electron chi connectivity index (χ3n) is 11.5. The number of likely N-dealkylation sites (tertiary alicyclic amines) is 1. The minimum atomic E-state index is -1.33. The van der Waals surface area contributed by atoms with Crippen molar-refractivity contribution < 1.29 is 38.5 Å². The van der Waals surface area contributed by atoms with Gasteiger partial charge in [0.1, 0.15) is 17.7 Å². The van der Waals surface area contributed by atoms with Crippen LogP contribution in [0, 0.1) is 17.8 Å². The molecule has 12 nitrogen and oxygen atoms in total. The summed E-state index contributed by atoms with van der Waals surface area (Å²) in [6.07, 6.45) is 3.60. The monoisotopic (exact) mass is 772 g/mol.